The van der Waals surface area contributed by atoms with Crippen LogP contribution in [0.2, 0.25) is 5.02 Å². The van der Waals surface area contributed by atoms with Gasteiger partial charge < -0.3 is 15.4 Å². The maximum absolute atomic E-state index is 14.2. The second-order valence-corrected chi connectivity index (χ2v) is 9.03. The van der Waals surface area contributed by atoms with Crippen LogP contribution in [0.3, 0.4) is 0 Å². The Labute approximate surface area is 204 Å². The highest BCUT2D eigenvalue weighted by Crippen LogP contribution is 2.39. The summed E-state index contributed by atoms with van der Waals surface area (Å²) in [6, 6.07) is 8.58. The lowest BCUT2D eigenvalue weighted by atomic mass is 9.87. The first-order chi connectivity index (χ1) is 16.6. The molecule has 3 amide bonds. The quantitative estimate of drug-likeness (QED) is 0.599. The van der Waals surface area contributed by atoms with Gasteiger partial charge in [-0.25, -0.2) is 13.2 Å². The Balaban J connectivity index is 1.71. The van der Waals surface area contributed by atoms with Gasteiger partial charge in [-0.15, -0.1) is 0 Å². The number of benzene rings is 2. The molecule has 1 saturated carbocycles. The molecule has 2 atom stereocenters. The van der Waals surface area contributed by atoms with E-state index in [1.54, 1.807) is 12.1 Å². The van der Waals surface area contributed by atoms with E-state index in [1.165, 1.54) is 30.3 Å². The molecule has 0 radical (unpaired) electrons. The van der Waals surface area contributed by atoms with Crippen LogP contribution in [0.25, 0.3) is 0 Å². The second-order valence-electron chi connectivity index (χ2n) is 8.62. The molecule has 1 aliphatic carbocycles. The minimum atomic E-state index is -2.87. The van der Waals surface area contributed by atoms with Crippen LogP contribution in [0.1, 0.15) is 30.9 Å². The average Bonchev–Trinajstić information content (AvgIpc) is 2.76. The fourth-order valence-electron chi connectivity index (χ4n) is 4.22. The molecule has 2 aromatic carbocycles. The van der Waals surface area contributed by atoms with Crippen molar-refractivity contribution in [1.29, 1.82) is 0 Å². The van der Waals surface area contributed by atoms with E-state index >= 15 is 0 Å². The van der Waals surface area contributed by atoms with E-state index in [1.807, 2.05) is 0 Å². The number of carbonyl (C=O) groups excluding carboxylic acids is 3. The maximum Gasteiger partial charge on any atom is 0.252 e. The Morgan fingerprint density at radius 2 is 1.94 bits per heavy atom. The molecule has 35 heavy (non-hydrogen) atoms. The Kier molecular flexibility index (Phi) is 7.32. The van der Waals surface area contributed by atoms with Crippen molar-refractivity contribution in [3.8, 4) is 0 Å². The van der Waals surface area contributed by atoms with Gasteiger partial charge in [0.2, 0.25) is 17.7 Å². The molecule has 11 heteroatoms. The highest BCUT2D eigenvalue weighted by molar-refractivity contribution is 6.31. The van der Waals surface area contributed by atoms with Gasteiger partial charge in [-0.3, -0.25) is 19.3 Å². The molecule has 0 bridgehead atoms. The molecule has 2 aliphatic rings. The summed E-state index contributed by atoms with van der Waals surface area (Å²) in [5, 5.41) is 5.38. The Hall–Kier alpha value is -3.11. The summed E-state index contributed by atoms with van der Waals surface area (Å²) in [5.74, 6) is -5.26. The first kappa shape index (κ1) is 25.0. The fourth-order valence-corrected chi connectivity index (χ4v) is 4.46. The van der Waals surface area contributed by atoms with Crippen molar-refractivity contribution in [2.45, 2.75) is 43.3 Å². The van der Waals surface area contributed by atoms with E-state index in [2.05, 4.69) is 10.6 Å². The van der Waals surface area contributed by atoms with Gasteiger partial charge in [0, 0.05) is 41.6 Å². The van der Waals surface area contributed by atoms with Crippen LogP contribution in [-0.2, 0) is 19.1 Å². The predicted molar refractivity (Wildman–Crippen MR) is 122 cm³/mol. The Morgan fingerprint density at radius 1 is 1.20 bits per heavy atom. The number of amides is 3. The molecule has 1 heterocycles. The van der Waals surface area contributed by atoms with E-state index in [0.717, 1.165) is 11.0 Å². The van der Waals surface area contributed by atoms with Crippen LogP contribution in [0.15, 0.2) is 48.5 Å². The third-order valence-corrected chi connectivity index (χ3v) is 6.18. The molecule has 7 nitrogen and oxygen atoms in total. The minimum absolute atomic E-state index is 0.0667. The number of morpholine rings is 1. The largest absolute Gasteiger partial charge is 0.369 e. The molecule has 2 aromatic rings. The molecular weight excluding hydrogens is 487 g/mol. The second kappa shape index (κ2) is 10.2. The van der Waals surface area contributed by atoms with Crippen LogP contribution in [0.4, 0.5) is 18.9 Å². The van der Waals surface area contributed by atoms with Crippen molar-refractivity contribution < 1.29 is 32.3 Å². The highest BCUT2D eigenvalue weighted by Gasteiger charge is 2.47. The lowest BCUT2D eigenvalue weighted by molar-refractivity contribution is -0.135. The zero-order valence-corrected chi connectivity index (χ0v) is 19.2. The van der Waals surface area contributed by atoms with E-state index in [4.69, 9.17) is 16.3 Å². The molecule has 4 rings (SSSR count). The molecule has 0 spiro atoms. The zero-order valence-electron chi connectivity index (χ0n) is 18.5. The molecule has 2 fully saturated rings. The van der Waals surface area contributed by atoms with Gasteiger partial charge in [0.1, 0.15) is 18.5 Å². The van der Waals surface area contributed by atoms with Crippen molar-refractivity contribution in [2.75, 3.05) is 18.1 Å². The van der Waals surface area contributed by atoms with Gasteiger partial charge in [-0.1, -0.05) is 35.9 Å². The van der Waals surface area contributed by atoms with E-state index in [-0.39, 0.29) is 35.9 Å². The lowest BCUT2D eigenvalue weighted by Crippen LogP contribution is -2.55. The van der Waals surface area contributed by atoms with Crippen LogP contribution < -0.4 is 15.5 Å². The summed E-state index contributed by atoms with van der Waals surface area (Å²) < 4.78 is 46.2. The van der Waals surface area contributed by atoms with E-state index < -0.39 is 60.4 Å². The van der Waals surface area contributed by atoms with Crippen molar-refractivity contribution in [1.82, 2.24) is 10.6 Å². The molecule has 1 saturated heterocycles. The number of nitrogens with zero attached hydrogens (tertiary/aromatic N) is 1. The van der Waals surface area contributed by atoms with Crippen molar-refractivity contribution in [3.63, 3.8) is 0 Å². The number of nitrogens with one attached hydrogen (secondary N) is 2. The summed E-state index contributed by atoms with van der Waals surface area (Å²) in [5.41, 5.74) is 0.302. The van der Waals surface area contributed by atoms with Crippen LogP contribution in [-0.4, -0.2) is 48.9 Å². The molecule has 186 valence electrons. The summed E-state index contributed by atoms with van der Waals surface area (Å²) in [4.78, 5) is 39.8. The smallest absolute Gasteiger partial charge is 0.252 e. The van der Waals surface area contributed by atoms with E-state index in [0.29, 0.717) is 0 Å². The topological polar surface area (TPSA) is 87.7 Å². The minimum Gasteiger partial charge on any atom is -0.369 e. The Bertz CT molecular complexity index is 1120. The Morgan fingerprint density at radius 3 is 2.60 bits per heavy atom. The molecule has 1 aliphatic heterocycles. The number of alkyl halides is 2. The van der Waals surface area contributed by atoms with Crippen LogP contribution in [0, 0.1) is 5.82 Å². The van der Waals surface area contributed by atoms with Crippen molar-refractivity contribution in [2.24, 2.45) is 0 Å². The van der Waals surface area contributed by atoms with Gasteiger partial charge in [-0.05, 0) is 24.3 Å². The number of hydrogen-bond acceptors (Lipinski definition) is 4. The van der Waals surface area contributed by atoms with Crippen molar-refractivity contribution >= 4 is 35.0 Å². The van der Waals surface area contributed by atoms with Gasteiger partial charge in [0.25, 0.3) is 5.92 Å². The number of carbonyl (C=O) groups is 3. The molecule has 0 aromatic heterocycles. The van der Waals surface area contributed by atoms with Crippen LogP contribution in [0.5, 0.6) is 0 Å². The molecule has 2 N–H and O–H groups in total. The maximum atomic E-state index is 14.2. The molecular formula is C24H23ClF3N3O4. The summed E-state index contributed by atoms with van der Waals surface area (Å²) >= 11 is 6.38. The summed E-state index contributed by atoms with van der Waals surface area (Å²) in [6.45, 7) is -0.0520. The van der Waals surface area contributed by atoms with Crippen LogP contribution >= 0.6 is 11.6 Å². The number of anilines is 1. The van der Waals surface area contributed by atoms with Gasteiger partial charge in [-0.2, -0.15) is 0 Å². The van der Waals surface area contributed by atoms with Gasteiger partial charge in [0.15, 0.2) is 0 Å². The van der Waals surface area contributed by atoms with Gasteiger partial charge in [0.05, 0.1) is 12.6 Å². The summed E-state index contributed by atoms with van der Waals surface area (Å²) in [6.07, 6.45) is -1.29. The highest BCUT2D eigenvalue weighted by atomic mass is 35.5. The number of rotatable bonds is 7. The standard InChI is InChI=1S/C24H23ClF3N3O4/c25-19-7-2-1-6-18(19)22(23(34)30-16-10-24(27,28)11-16)31(17-5-3-4-14(26)8-17)21(33)9-15-12-35-13-20(32)29-15/h1-8,15-16,22H,9-13H2,(H,29,32)(H,30,34)/t15-,22-/m0/s1. The first-order valence-electron chi connectivity index (χ1n) is 11.0. The number of halogens is 4. The normalized spacial score (nSPS) is 20.3. The first-order valence-corrected chi connectivity index (χ1v) is 11.4. The number of hydrogen-bond donors (Lipinski definition) is 2. The number of ether oxygens (including phenoxy) is 1. The molecule has 0 unspecified atom stereocenters. The average molecular weight is 510 g/mol. The third-order valence-electron chi connectivity index (χ3n) is 5.84. The monoisotopic (exact) mass is 509 g/mol. The fraction of sp³-hybridized carbons (Fsp3) is 0.375. The van der Waals surface area contributed by atoms with E-state index in [9.17, 15) is 27.6 Å². The third kappa shape index (κ3) is 5.94. The zero-order chi connectivity index (χ0) is 25.2. The SMILES string of the molecule is O=C1COC[C@H](CC(=O)N(c2cccc(F)c2)[C@H](C(=O)NC2CC(F)(F)C2)c2ccccc2Cl)N1. The van der Waals surface area contributed by atoms with Crippen molar-refractivity contribution in [3.05, 3.63) is 64.9 Å². The summed E-state index contributed by atoms with van der Waals surface area (Å²) in [7, 11) is 0. The predicted octanol–water partition coefficient (Wildman–Crippen LogP) is 3.37. The lowest BCUT2D eigenvalue weighted by Gasteiger charge is -2.38. The van der Waals surface area contributed by atoms with Gasteiger partial charge >= 0.3 is 0 Å².